The topological polar surface area (TPSA) is 111 Å². The molecule has 0 spiro atoms. The van der Waals surface area contributed by atoms with E-state index in [1.165, 1.54) is 28.6 Å². The zero-order chi connectivity index (χ0) is 23.9. The molecule has 2 aromatic heterocycles. The van der Waals surface area contributed by atoms with Gasteiger partial charge >= 0.3 is 0 Å². The monoisotopic (exact) mass is 498 g/mol. The number of hydrogen-bond donors (Lipinski definition) is 2. The Labute approximate surface area is 202 Å². The molecule has 34 heavy (non-hydrogen) atoms. The molecule has 174 valence electrons. The number of nitrogens with one attached hydrogen (secondary N) is 2. The predicted molar refractivity (Wildman–Crippen MR) is 128 cm³/mol. The van der Waals surface area contributed by atoms with Crippen molar-refractivity contribution in [2.45, 2.75) is 11.3 Å². The van der Waals surface area contributed by atoms with Crippen molar-refractivity contribution in [3.8, 4) is 11.4 Å². The van der Waals surface area contributed by atoms with Crippen molar-refractivity contribution in [3.05, 3.63) is 72.3 Å². The van der Waals surface area contributed by atoms with E-state index in [0.717, 1.165) is 11.3 Å². The minimum atomic E-state index is -0.529. The van der Waals surface area contributed by atoms with Gasteiger partial charge in [-0.05, 0) is 43.3 Å². The fourth-order valence-electron chi connectivity index (χ4n) is 2.82. The van der Waals surface area contributed by atoms with Gasteiger partial charge in [0.2, 0.25) is 11.0 Å². The van der Waals surface area contributed by atoms with Crippen molar-refractivity contribution in [2.24, 2.45) is 0 Å². The molecule has 0 bridgehead atoms. The highest BCUT2D eigenvalue weighted by Gasteiger charge is 2.21. The second-order valence-corrected chi connectivity index (χ2v) is 8.93. The van der Waals surface area contributed by atoms with Gasteiger partial charge in [-0.1, -0.05) is 41.3 Å². The van der Waals surface area contributed by atoms with Crippen LogP contribution in [-0.4, -0.2) is 44.2 Å². The number of nitrogens with zero attached hydrogens (tertiary/aromatic N) is 4. The first-order valence-corrected chi connectivity index (χ1v) is 11.9. The molecule has 4 aromatic rings. The van der Waals surface area contributed by atoms with Crippen LogP contribution in [0.1, 0.15) is 17.4 Å². The molecular formula is C22H19FN6O3S2. The number of carbonyl (C=O) groups excluding carboxylic acids is 2. The van der Waals surface area contributed by atoms with Crippen LogP contribution < -0.4 is 15.4 Å². The maximum atomic E-state index is 13.2. The van der Waals surface area contributed by atoms with Crippen molar-refractivity contribution in [2.75, 3.05) is 23.0 Å². The summed E-state index contributed by atoms with van der Waals surface area (Å²) in [5.41, 5.74) is 1.34. The number of thioether (sulfide) groups is 1. The van der Waals surface area contributed by atoms with Gasteiger partial charge in [-0.3, -0.25) is 14.9 Å². The smallest absolute Gasteiger partial charge is 0.281 e. The maximum Gasteiger partial charge on any atom is 0.281 e. The SMILES string of the molecule is CCOc1cn(-c2ccc(F)cc2)nc1C(=O)Nc1nnc(SCC(=O)Nc2ccccc2)s1. The second-order valence-electron chi connectivity index (χ2n) is 6.73. The van der Waals surface area contributed by atoms with Crippen LogP contribution >= 0.6 is 23.1 Å². The number of aromatic nitrogens is 4. The van der Waals surface area contributed by atoms with Crippen molar-refractivity contribution >= 4 is 45.7 Å². The Morgan fingerprint density at radius 1 is 1.09 bits per heavy atom. The van der Waals surface area contributed by atoms with Crippen molar-refractivity contribution in [1.82, 2.24) is 20.0 Å². The summed E-state index contributed by atoms with van der Waals surface area (Å²) in [6.45, 7) is 2.12. The van der Waals surface area contributed by atoms with Gasteiger partial charge in [-0.2, -0.15) is 5.10 Å². The van der Waals surface area contributed by atoms with Gasteiger partial charge in [0.1, 0.15) is 5.82 Å². The number of rotatable bonds is 9. The highest BCUT2D eigenvalue weighted by molar-refractivity contribution is 8.01. The molecule has 0 atom stereocenters. The van der Waals surface area contributed by atoms with Crippen LogP contribution in [0.15, 0.2) is 65.1 Å². The summed E-state index contributed by atoms with van der Waals surface area (Å²) in [5.74, 6) is -0.653. The molecule has 0 saturated heterocycles. The summed E-state index contributed by atoms with van der Waals surface area (Å²) < 4.78 is 20.7. The molecule has 12 heteroatoms. The average molecular weight is 499 g/mol. The summed E-state index contributed by atoms with van der Waals surface area (Å²) in [5, 5.41) is 18.0. The Morgan fingerprint density at radius 3 is 2.59 bits per heavy atom. The summed E-state index contributed by atoms with van der Waals surface area (Å²) in [6, 6.07) is 14.8. The molecule has 0 fully saturated rings. The molecule has 9 nitrogen and oxygen atoms in total. The molecule has 2 aromatic carbocycles. The van der Waals surface area contributed by atoms with Crippen LogP contribution in [0.5, 0.6) is 5.75 Å². The van der Waals surface area contributed by atoms with E-state index in [9.17, 15) is 14.0 Å². The second kappa shape index (κ2) is 10.9. The molecule has 0 unspecified atom stereocenters. The molecule has 0 aliphatic carbocycles. The molecule has 0 radical (unpaired) electrons. The minimum Gasteiger partial charge on any atom is -0.490 e. The van der Waals surface area contributed by atoms with Gasteiger partial charge in [0.25, 0.3) is 5.91 Å². The lowest BCUT2D eigenvalue weighted by Gasteiger charge is -2.03. The van der Waals surface area contributed by atoms with E-state index in [2.05, 4.69) is 25.9 Å². The van der Waals surface area contributed by atoms with Crippen LogP contribution in [0.4, 0.5) is 15.2 Å². The van der Waals surface area contributed by atoms with Crippen LogP contribution in [0.25, 0.3) is 5.69 Å². The van der Waals surface area contributed by atoms with Gasteiger partial charge in [-0.25, -0.2) is 9.07 Å². The van der Waals surface area contributed by atoms with Gasteiger partial charge in [-0.15, -0.1) is 10.2 Å². The summed E-state index contributed by atoms with van der Waals surface area (Å²) in [6.07, 6.45) is 1.55. The van der Waals surface area contributed by atoms with Crippen molar-refractivity contribution in [1.29, 1.82) is 0 Å². The standard InChI is InChI=1S/C22H19FN6O3S2/c1-2-32-17-12-29(16-10-8-14(23)9-11-16)28-19(17)20(31)25-21-26-27-22(34-21)33-13-18(30)24-15-6-4-3-5-7-15/h3-12H,2,13H2,1H3,(H,24,30)(H,25,26,31). The van der Waals surface area contributed by atoms with E-state index >= 15 is 0 Å². The normalized spacial score (nSPS) is 10.6. The summed E-state index contributed by atoms with van der Waals surface area (Å²) in [4.78, 5) is 24.9. The number of benzene rings is 2. The lowest BCUT2D eigenvalue weighted by Crippen LogP contribution is -2.14. The predicted octanol–water partition coefficient (Wildman–Crippen LogP) is 4.24. The Morgan fingerprint density at radius 2 is 1.85 bits per heavy atom. The number of amides is 2. The fraction of sp³-hybridized carbons (Fsp3) is 0.136. The van der Waals surface area contributed by atoms with E-state index < -0.39 is 5.91 Å². The first kappa shape index (κ1) is 23.4. The molecule has 4 rings (SSSR count). The molecule has 2 N–H and O–H groups in total. The third-order valence-corrected chi connectivity index (χ3v) is 6.27. The van der Waals surface area contributed by atoms with Gasteiger partial charge < -0.3 is 10.1 Å². The Kier molecular flexibility index (Phi) is 7.50. The van der Waals surface area contributed by atoms with Crippen LogP contribution in [0, 0.1) is 5.82 Å². The Bertz CT molecular complexity index is 1280. The Hall–Kier alpha value is -3.77. The number of ether oxygens (including phenoxy) is 1. The van der Waals surface area contributed by atoms with Crippen LogP contribution in [-0.2, 0) is 4.79 Å². The zero-order valence-electron chi connectivity index (χ0n) is 17.9. The fourth-order valence-corrected chi connectivity index (χ4v) is 4.37. The number of carbonyl (C=O) groups is 2. The van der Waals surface area contributed by atoms with Crippen LogP contribution in [0.2, 0.25) is 0 Å². The number of anilines is 2. The average Bonchev–Trinajstić information content (AvgIpc) is 3.46. The molecule has 2 amide bonds. The number of para-hydroxylation sites is 1. The van der Waals surface area contributed by atoms with Crippen molar-refractivity contribution < 1.29 is 18.7 Å². The number of halogens is 1. The molecule has 2 heterocycles. The van der Waals surface area contributed by atoms with E-state index in [4.69, 9.17) is 4.74 Å². The third-order valence-electron chi connectivity index (χ3n) is 4.30. The molecular weight excluding hydrogens is 479 g/mol. The third kappa shape index (κ3) is 5.97. The van der Waals surface area contributed by atoms with E-state index in [-0.39, 0.29) is 34.1 Å². The summed E-state index contributed by atoms with van der Waals surface area (Å²) >= 11 is 2.35. The lowest BCUT2D eigenvalue weighted by atomic mass is 10.3. The molecule has 0 saturated carbocycles. The van der Waals surface area contributed by atoms with Gasteiger partial charge in [0, 0.05) is 5.69 Å². The zero-order valence-corrected chi connectivity index (χ0v) is 19.5. The van der Waals surface area contributed by atoms with E-state index in [0.29, 0.717) is 22.3 Å². The first-order chi connectivity index (χ1) is 16.5. The highest BCUT2D eigenvalue weighted by Crippen LogP contribution is 2.27. The van der Waals surface area contributed by atoms with E-state index in [1.54, 1.807) is 37.4 Å². The Balaban J connectivity index is 1.39. The molecule has 0 aliphatic rings. The first-order valence-electron chi connectivity index (χ1n) is 10.1. The van der Waals surface area contributed by atoms with E-state index in [1.807, 2.05) is 18.2 Å². The minimum absolute atomic E-state index is 0.0535. The van der Waals surface area contributed by atoms with Gasteiger partial charge in [0.05, 0.1) is 24.2 Å². The van der Waals surface area contributed by atoms with Gasteiger partial charge in [0.15, 0.2) is 15.8 Å². The number of hydrogen-bond acceptors (Lipinski definition) is 8. The highest BCUT2D eigenvalue weighted by atomic mass is 32.2. The maximum absolute atomic E-state index is 13.2. The van der Waals surface area contributed by atoms with Crippen molar-refractivity contribution in [3.63, 3.8) is 0 Å². The summed E-state index contributed by atoms with van der Waals surface area (Å²) in [7, 11) is 0. The quantitative estimate of drug-likeness (QED) is 0.262. The van der Waals surface area contributed by atoms with Crippen LogP contribution in [0.3, 0.4) is 0 Å². The molecule has 0 aliphatic heterocycles. The largest absolute Gasteiger partial charge is 0.490 e. The lowest BCUT2D eigenvalue weighted by molar-refractivity contribution is -0.113.